The van der Waals surface area contributed by atoms with Gasteiger partial charge in [-0.25, -0.2) is 9.37 Å². The summed E-state index contributed by atoms with van der Waals surface area (Å²) in [6, 6.07) is 13.1. The van der Waals surface area contributed by atoms with E-state index in [2.05, 4.69) is 9.88 Å². The second-order valence-corrected chi connectivity index (χ2v) is 9.21. The van der Waals surface area contributed by atoms with Gasteiger partial charge in [-0.05, 0) is 73.9 Å². The Bertz CT molecular complexity index is 1000. The third kappa shape index (κ3) is 3.95. The van der Waals surface area contributed by atoms with Gasteiger partial charge in [-0.15, -0.1) is 0 Å². The summed E-state index contributed by atoms with van der Waals surface area (Å²) in [5.74, 6) is 0.681. The number of fused-ring (bicyclic) bond motifs is 4. The first kappa shape index (κ1) is 20.1. The molecule has 31 heavy (non-hydrogen) atoms. The average molecular weight is 419 g/mol. The molecule has 3 aliphatic rings. The maximum absolute atomic E-state index is 13.8. The van der Waals surface area contributed by atoms with Crippen LogP contribution in [0.1, 0.15) is 47.3 Å². The fourth-order valence-electron chi connectivity index (χ4n) is 6.03. The van der Waals surface area contributed by atoms with Crippen LogP contribution in [0, 0.1) is 29.0 Å². The van der Waals surface area contributed by atoms with Crippen molar-refractivity contribution in [2.75, 3.05) is 19.6 Å². The summed E-state index contributed by atoms with van der Waals surface area (Å²) in [4.78, 5) is 22.0. The quantitative estimate of drug-likeness (QED) is 0.763. The lowest BCUT2D eigenvalue weighted by molar-refractivity contribution is -0.0642. The number of amides is 1. The van der Waals surface area contributed by atoms with E-state index in [1.165, 1.54) is 31.5 Å². The molecule has 5 nitrogen and oxygen atoms in total. The van der Waals surface area contributed by atoms with Gasteiger partial charge >= 0.3 is 0 Å². The molecule has 4 heterocycles. The molecular formula is C25H27FN4O. The van der Waals surface area contributed by atoms with Crippen LogP contribution < -0.4 is 0 Å². The van der Waals surface area contributed by atoms with Gasteiger partial charge in [-0.2, -0.15) is 5.26 Å². The van der Waals surface area contributed by atoms with Crippen molar-refractivity contribution in [3.63, 3.8) is 0 Å². The molecule has 0 N–H and O–H groups in total. The molecule has 2 bridgehead atoms. The number of halogens is 1. The summed E-state index contributed by atoms with van der Waals surface area (Å²) in [5, 5.41) is 8.97. The summed E-state index contributed by atoms with van der Waals surface area (Å²) in [5.41, 5.74) is 1.90. The van der Waals surface area contributed by atoms with Crippen molar-refractivity contribution in [2.24, 2.45) is 11.8 Å². The van der Waals surface area contributed by atoms with Crippen molar-refractivity contribution in [1.82, 2.24) is 14.8 Å². The van der Waals surface area contributed by atoms with Gasteiger partial charge in [0.15, 0.2) is 0 Å². The van der Waals surface area contributed by atoms with E-state index >= 15 is 0 Å². The van der Waals surface area contributed by atoms with Crippen LogP contribution in [-0.2, 0) is 6.42 Å². The number of likely N-dealkylation sites (tertiary alicyclic amines) is 1. The van der Waals surface area contributed by atoms with Crippen LogP contribution in [0.15, 0.2) is 42.6 Å². The van der Waals surface area contributed by atoms with E-state index < -0.39 is 0 Å². The van der Waals surface area contributed by atoms with Crippen LogP contribution in [0.3, 0.4) is 0 Å². The number of nitrogens with zero attached hydrogens (tertiary/aromatic N) is 4. The lowest BCUT2D eigenvalue weighted by Crippen LogP contribution is -2.64. The number of nitriles is 1. The smallest absolute Gasteiger partial charge is 0.255 e. The predicted octanol–water partition coefficient (Wildman–Crippen LogP) is 3.65. The number of hydrogen-bond acceptors (Lipinski definition) is 4. The van der Waals surface area contributed by atoms with Gasteiger partial charge in [-0.3, -0.25) is 9.69 Å². The normalized spacial score (nSPS) is 27.9. The number of hydrogen-bond donors (Lipinski definition) is 0. The fourth-order valence-corrected chi connectivity index (χ4v) is 6.03. The molecule has 3 saturated heterocycles. The Hall–Kier alpha value is -2.78. The first-order chi connectivity index (χ1) is 15.1. The molecular weight excluding hydrogens is 391 g/mol. The standard InChI is InChI=1S/C25H27FN4O/c26-21-5-3-4-17(10-21)11-24-20-12-19(23-6-1-2-9-30(23)24)15-29(16-20)25(31)18-7-8-22(13-27)28-14-18/h3-5,7-8,10,14,19-20,23-24H,1-2,6,9,11-12,15-16H2/t19-,20+,23+,24+/m1/s1. The van der Waals surface area contributed by atoms with E-state index in [0.717, 1.165) is 38.0 Å². The number of benzene rings is 1. The number of piperidine rings is 3. The van der Waals surface area contributed by atoms with Gasteiger partial charge in [-0.1, -0.05) is 18.6 Å². The van der Waals surface area contributed by atoms with Gasteiger partial charge in [0.2, 0.25) is 0 Å². The van der Waals surface area contributed by atoms with Crippen molar-refractivity contribution < 1.29 is 9.18 Å². The third-order valence-electron chi connectivity index (χ3n) is 7.37. The van der Waals surface area contributed by atoms with E-state index in [-0.39, 0.29) is 11.7 Å². The van der Waals surface area contributed by atoms with Crippen molar-refractivity contribution >= 4 is 5.91 Å². The third-order valence-corrected chi connectivity index (χ3v) is 7.37. The second-order valence-electron chi connectivity index (χ2n) is 9.21. The van der Waals surface area contributed by atoms with Crippen LogP contribution in [0.4, 0.5) is 4.39 Å². The van der Waals surface area contributed by atoms with Gasteiger partial charge < -0.3 is 4.90 Å². The largest absolute Gasteiger partial charge is 0.338 e. The van der Waals surface area contributed by atoms with Crippen LogP contribution >= 0.6 is 0 Å². The molecule has 3 aliphatic heterocycles. The lowest BCUT2D eigenvalue weighted by atomic mass is 9.71. The zero-order valence-electron chi connectivity index (χ0n) is 17.6. The predicted molar refractivity (Wildman–Crippen MR) is 115 cm³/mol. The highest BCUT2D eigenvalue weighted by molar-refractivity contribution is 5.94. The Balaban J connectivity index is 1.40. The molecule has 160 valence electrons. The summed E-state index contributed by atoms with van der Waals surface area (Å²) in [7, 11) is 0. The molecule has 0 unspecified atom stereocenters. The highest BCUT2D eigenvalue weighted by Gasteiger charge is 2.47. The number of carbonyl (C=O) groups is 1. The van der Waals surface area contributed by atoms with Crippen molar-refractivity contribution in [2.45, 2.75) is 44.2 Å². The summed E-state index contributed by atoms with van der Waals surface area (Å²) in [6.45, 7) is 2.60. The van der Waals surface area contributed by atoms with Crippen molar-refractivity contribution in [1.29, 1.82) is 5.26 Å². The van der Waals surface area contributed by atoms with Crippen molar-refractivity contribution in [3.05, 3.63) is 65.2 Å². The lowest BCUT2D eigenvalue weighted by Gasteiger charge is -2.57. The molecule has 0 radical (unpaired) electrons. The monoisotopic (exact) mass is 418 g/mol. The molecule has 3 fully saturated rings. The van der Waals surface area contributed by atoms with Crippen molar-refractivity contribution in [3.8, 4) is 6.07 Å². The zero-order chi connectivity index (χ0) is 21.4. The maximum atomic E-state index is 13.8. The number of pyridine rings is 1. The highest BCUT2D eigenvalue weighted by atomic mass is 19.1. The highest BCUT2D eigenvalue weighted by Crippen LogP contribution is 2.42. The second kappa shape index (κ2) is 8.39. The summed E-state index contributed by atoms with van der Waals surface area (Å²) < 4.78 is 13.8. The number of rotatable bonds is 3. The number of aromatic nitrogens is 1. The van der Waals surface area contributed by atoms with Crippen LogP contribution in [-0.4, -0.2) is 52.4 Å². The van der Waals surface area contributed by atoms with E-state index in [1.807, 2.05) is 17.0 Å². The Kier molecular flexibility index (Phi) is 5.45. The first-order valence-corrected chi connectivity index (χ1v) is 11.3. The molecule has 0 saturated carbocycles. The molecule has 1 aromatic heterocycles. The molecule has 1 amide bonds. The average Bonchev–Trinajstić information content (AvgIpc) is 2.81. The summed E-state index contributed by atoms with van der Waals surface area (Å²) in [6.07, 6.45) is 7.11. The Labute approximate surface area is 182 Å². The van der Waals surface area contributed by atoms with Crippen LogP contribution in [0.5, 0.6) is 0 Å². The van der Waals surface area contributed by atoms with E-state index in [1.54, 1.807) is 24.3 Å². The Morgan fingerprint density at radius 1 is 1.19 bits per heavy atom. The molecule has 4 atom stereocenters. The molecule has 0 spiro atoms. The Morgan fingerprint density at radius 3 is 2.84 bits per heavy atom. The molecule has 1 aromatic carbocycles. The van der Waals surface area contributed by atoms with E-state index in [4.69, 9.17) is 5.26 Å². The van der Waals surface area contributed by atoms with E-state index in [9.17, 15) is 9.18 Å². The molecule has 0 aliphatic carbocycles. The van der Waals surface area contributed by atoms with Crippen LogP contribution in [0.25, 0.3) is 0 Å². The Morgan fingerprint density at radius 2 is 2.06 bits per heavy atom. The number of carbonyl (C=O) groups excluding carboxylic acids is 1. The van der Waals surface area contributed by atoms with Crippen LogP contribution in [0.2, 0.25) is 0 Å². The first-order valence-electron chi connectivity index (χ1n) is 11.3. The molecule has 5 rings (SSSR count). The molecule has 2 aromatic rings. The van der Waals surface area contributed by atoms with Gasteiger partial charge in [0.1, 0.15) is 17.6 Å². The zero-order valence-corrected chi connectivity index (χ0v) is 17.6. The van der Waals surface area contributed by atoms with Gasteiger partial charge in [0.25, 0.3) is 5.91 Å². The minimum atomic E-state index is -0.185. The summed E-state index contributed by atoms with van der Waals surface area (Å²) >= 11 is 0. The van der Waals surface area contributed by atoms with E-state index in [0.29, 0.717) is 35.2 Å². The van der Waals surface area contributed by atoms with Gasteiger partial charge in [0, 0.05) is 31.4 Å². The minimum absolute atomic E-state index is 0.000421. The van der Waals surface area contributed by atoms with Gasteiger partial charge in [0.05, 0.1) is 5.56 Å². The fraction of sp³-hybridized carbons (Fsp3) is 0.480. The molecule has 6 heteroatoms. The SMILES string of the molecule is N#Cc1ccc(C(=O)N2C[C@H]3C[C@@H](C2)[C@H](Cc2cccc(F)c2)N2CCCC[C@@H]32)cn1. The maximum Gasteiger partial charge on any atom is 0.255 e. The minimum Gasteiger partial charge on any atom is -0.338 e. The topological polar surface area (TPSA) is 60.2 Å².